The average molecular weight is 261 g/mol. The fourth-order valence-corrected chi connectivity index (χ4v) is 2.47. The molecule has 1 saturated heterocycles. The predicted octanol–water partition coefficient (Wildman–Crippen LogP) is 1.64. The monoisotopic (exact) mass is 261 g/mol. The quantitative estimate of drug-likeness (QED) is 0.818. The molecule has 1 amide bonds. The van der Waals surface area contributed by atoms with Crippen molar-refractivity contribution in [2.75, 3.05) is 18.0 Å². The first-order valence-corrected chi connectivity index (χ1v) is 7.01. The largest absolute Gasteiger partial charge is 0.372 e. The molecule has 104 valence electrons. The second kappa shape index (κ2) is 6.57. The molecule has 0 saturated carbocycles. The number of hydrogen-bond donors (Lipinski definition) is 2. The predicted molar refractivity (Wildman–Crippen MR) is 78.0 cm³/mol. The number of anilines is 1. The second-order valence-electron chi connectivity index (χ2n) is 5.31. The minimum Gasteiger partial charge on any atom is -0.372 e. The van der Waals surface area contributed by atoms with Gasteiger partial charge in [-0.1, -0.05) is 12.1 Å². The third-order valence-corrected chi connectivity index (χ3v) is 3.57. The van der Waals surface area contributed by atoms with E-state index in [2.05, 4.69) is 34.5 Å². The van der Waals surface area contributed by atoms with Gasteiger partial charge in [0, 0.05) is 37.8 Å². The van der Waals surface area contributed by atoms with E-state index in [0.29, 0.717) is 6.42 Å². The van der Waals surface area contributed by atoms with Gasteiger partial charge >= 0.3 is 0 Å². The summed E-state index contributed by atoms with van der Waals surface area (Å²) in [6.07, 6.45) is 2.98. The first-order chi connectivity index (χ1) is 9.15. The van der Waals surface area contributed by atoms with Crippen molar-refractivity contribution in [1.82, 2.24) is 5.32 Å². The van der Waals surface area contributed by atoms with Crippen molar-refractivity contribution in [3.05, 3.63) is 29.8 Å². The Hall–Kier alpha value is -1.55. The molecule has 1 atom stereocenters. The van der Waals surface area contributed by atoms with E-state index in [1.165, 1.54) is 37.2 Å². The van der Waals surface area contributed by atoms with Gasteiger partial charge in [-0.2, -0.15) is 0 Å². The molecule has 4 nitrogen and oxygen atoms in total. The Bertz CT molecular complexity index is 410. The number of carbonyl (C=O) groups is 1. The molecule has 0 spiro atoms. The zero-order valence-electron chi connectivity index (χ0n) is 11.6. The molecule has 1 unspecified atom stereocenters. The number of amides is 1. The Labute approximate surface area is 115 Å². The lowest BCUT2D eigenvalue weighted by molar-refractivity contribution is -0.118. The van der Waals surface area contributed by atoms with Gasteiger partial charge in [0.1, 0.15) is 0 Å². The molecule has 3 N–H and O–H groups in total. The summed E-state index contributed by atoms with van der Waals surface area (Å²) in [6, 6.07) is 8.79. The van der Waals surface area contributed by atoms with Crippen LogP contribution in [0.2, 0.25) is 0 Å². The van der Waals surface area contributed by atoms with Crippen LogP contribution in [0, 0.1) is 0 Å². The van der Waals surface area contributed by atoms with Crippen molar-refractivity contribution in [2.45, 2.75) is 38.8 Å². The van der Waals surface area contributed by atoms with Gasteiger partial charge in [0.2, 0.25) is 5.91 Å². The highest BCUT2D eigenvalue weighted by atomic mass is 16.1. The standard InChI is InChI=1S/C15H23N3O/c1-12(10-15(16)19)17-11-13-4-6-14(7-5-13)18-8-2-3-9-18/h4-7,12,17H,2-3,8-11H2,1H3,(H2,16,19). The highest BCUT2D eigenvalue weighted by Gasteiger charge is 2.11. The van der Waals surface area contributed by atoms with Crippen LogP contribution in [-0.2, 0) is 11.3 Å². The Morgan fingerprint density at radius 3 is 2.53 bits per heavy atom. The molecule has 4 heteroatoms. The average Bonchev–Trinajstić information content (AvgIpc) is 2.90. The minimum atomic E-state index is -0.260. The highest BCUT2D eigenvalue weighted by molar-refractivity contribution is 5.74. The van der Waals surface area contributed by atoms with Gasteiger partial charge in [0.15, 0.2) is 0 Å². The van der Waals surface area contributed by atoms with Crippen LogP contribution in [0.3, 0.4) is 0 Å². The summed E-state index contributed by atoms with van der Waals surface area (Å²) in [7, 11) is 0. The van der Waals surface area contributed by atoms with Crippen LogP contribution >= 0.6 is 0 Å². The molecule has 1 aromatic carbocycles. The number of rotatable bonds is 6. The Morgan fingerprint density at radius 2 is 1.95 bits per heavy atom. The third kappa shape index (κ3) is 4.24. The molecule has 1 fully saturated rings. The lowest BCUT2D eigenvalue weighted by Crippen LogP contribution is -2.30. The number of benzene rings is 1. The van der Waals surface area contributed by atoms with Crippen LogP contribution in [0.15, 0.2) is 24.3 Å². The second-order valence-corrected chi connectivity index (χ2v) is 5.31. The van der Waals surface area contributed by atoms with Crippen molar-refractivity contribution in [1.29, 1.82) is 0 Å². The van der Waals surface area contributed by atoms with Crippen molar-refractivity contribution >= 4 is 11.6 Å². The summed E-state index contributed by atoms with van der Waals surface area (Å²) < 4.78 is 0. The van der Waals surface area contributed by atoms with Gasteiger partial charge in [0.25, 0.3) is 0 Å². The Kier molecular flexibility index (Phi) is 4.80. The van der Waals surface area contributed by atoms with Crippen LogP contribution < -0.4 is 16.0 Å². The molecule has 1 heterocycles. The molecular weight excluding hydrogens is 238 g/mol. The molecule has 0 radical (unpaired) electrons. The van der Waals surface area contributed by atoms with Crippen molar-refractivity contribution in [2.24, 2.45) is 5.73 Å². The van der Waals surface area contributed by atoms with E-state index in [1.54, 1.807) is 0 Å². The van der Waals surface area contributed by atoms with Crippen LogP contribution in [0.4, 0.5) is 5.69 Å². The third-order valence-electron chi connectivity index (χ3n) is 3.57. The lowest BCUT2D eigenvalue weighted by atomic mass is 10.1. The molecule has 0 aromatic heterocycles. The summed E-state index contributed by atoms with van der Waals surface area (Å²) >= 11 is 0. The maximum absolute atomic E-state index is 10.8. The van der Waals surface area contributed by atoms with E-state index in [4.69, 9.17) is 5.73 Å². The molecule has 2 rings (SSSR count). The molecule has 1 aliphatic rings. The van der Waals surface area contributed by atoms with Crippen LogP contribution in [-0.4, -0.2) is 25.0 Å². The van der Waals surface area contributed by atoms with Crippen molar-refractivity contribution in [3.8, 4) is 0 Å². The van der Waals surface area contributed by atoms with Crippen LogP contribution in [0.25, 0.3) is 0 Å². The summed E-state index contributed by atoms with van der Waals surface area (Å²) in [6.45, 7) is 5.10. The molecule has 0 bridgehead atoms. The van der Waals surface area contributed by atoms with Gasteiger partial charge in [-0.05, 0) is 37.5 Å². The van der Waals surface area contributed by atoms with Gasteiger partial charge < -0.3 is 16.0 Å². The number of nitrogens with zero attached hydrogens (tertiary/aromatic N) is 1. The van der Waals surface area contributed by atoms with Gasteiger partial charge in [-0.25, -0.2) is 0 Å². The van der Waals surface area contributed by atoms with Crippen LogP contribution in [0.5, 0.6) is 0 Å². The van der Waals surface area contributed by atoms with E-state index in [0.717, 1.165) is 6.54 Å². The van der Waals surface area contributed by atoms with Crippen LogP contribution in [0.1, 0.15) is 31.7 Å². The first kappa shape index (κ1) is 13.9. The normalized spacial score (nSPS) is 16.6. The number of primary amides is 1. The summed E-state index contributed by atoms with van der Waals surface area (Å²) in [5, 5.41) is 3.30. The zero-order valence-corrected chi connectivity index (χ0v) is 11.6. The fourth-order valence-electron chi connectivity index (χ4n) is 2.47. The summed E-state index contributed by atoms with van der Waals surface area (Å²) in [5.74, 6) is -0.260. The van der Waals surface area contributed by atoms with Crippen molar-refractivity contribution < 1.29 is 4.79 Å². The van der Waals surface area contributed by atoms with Gasteiger partial charge in [-0.3, -0.25) is 4.79 Å². The van der Waals surface area contributed by atoms with E-state index >= 15 is 0 Å². The Balaban J connectivity index is 1.83. The SMILES string of the molecule is CC(CC(N)=O)NCc1ccc(N2CCCC2)cc1. The molecule has 1 aromatic rings. The number of carbonyl (C=O) groups excluding carboxylic acids is 1. The van der Waals surface area contributed by atoms with E-state index in [1.807, 2.05) is 6.92 Å². The smallest absolute Gasteiger partial charge is 0.218 e. The number of nitrogens with two attached hydrogens (primary N) is 1. The summed E-state index contributed by atoms with van der Waals surface area (Å²) in [5.41, 5.74) is 7.71. The van der Waals surface area contributed by atoms with E-state index < -0.39 is 0 Å². The zero-order chi connectivity index (χ0) is 13.7. The first-order valence-electron chi connectivity index (χ1n) is 7.01. The highest BCUT2D eigenvalue weighted by Crippen LogP contribution is 2.20. The number of hydrogen-bond acceptors (Lipinski definition) is 3. The maximum atomic E-state index is 10.8. The van der Waals surface area contributed by atoms with Crippen molar-refractivity contribution in [3.63, 3.8) is 0 Å². The van der Waals surface area contributed by atoms with Gasteiger partial charge in [0.05, 0.1) is 0 Å². The molecule has 0 aliphatic carbocycles. The number of nitrogens with one attached hydrogen (secondary N) is 1. The molecular formula is C15H23N3O. The molecule has 19 heavy (non-hydrogen) atoms. The maximum Gasteiger partial charge on any atom is 0.218 e. The topological polar surface area (TPSA) is 58.4 Å². The molecule has 1 aliphatic heterocycles. The summed E-state index contributed by atoms with van der Waals surface area (Å²) in [4.78, 5) is 13.2. The Morgan fingerprint density at radius 1 is 1.32 bits per heavy atom. The van der Waals surface area contributed by atoms with Gasteiger partial charge in [-0.15, -0.1) is 0 Å². The van der Waals surface area contributed by atoms with E-state index in [9.17, 15) is 4.79 Å². The lowest BCUT2D eigenvalue weighted by Gasteiger charge is -2.18. The fraction of sp³-hybridized carbons (Fsp3) is 0.533. The minimum absolute atomic E-state index is 0.121. The van der Waals surface area contributed by atoms with E-state index in [-0.39, 0.29) is 11.9 Å².